The van der Waals surface area contributed by atoms with Crippen molar-refractivity contribution in [2.75, 3.05) is 22.1 Å². The standard InChI is InChI=1S/C27H26FN3O3/c1-27(2)14-20-25(22(32)15-27)26(23-12-7-13-34-23)31(21-11-6-5-10-19(21)29-20)16-24(33)30-18-9-4-3-8-17(18)28/h3-13,26,29H,14-16H2,1-2H3,(H,30,33)/t26-/m1/s1. The van der Waals surface area contributed by atoms with Gasteiger partial charge in [-0.25, -0.2) is 4.39 Å². The number of nitrogens with one attached hydrogen (secondary N) is 2. The molecule has 2 heterocycles. The molecule has 0 saturated carbocycles. The number of allylic oxidation sites excluding steroid dienone is 1. The van der Waals surface area contributed by atoms with Crippen molar-refractivity contribution in [1.29, 1.82) is 0 Å². The van der Waals surface area contributed by atoms with E-state index in [1.165, 1.54) is 12.1 Å². The number of anilines is 3. The number of carbonyl (C=O) groups excluding carboxylic acids is 2. The first kappa shape index (κ1) is 21.9. The summed E-state index contributed by atoms with van der Waals surface area (Å²) in [5.74, 6) is -0.319. The molecule has 34 heavy (non-hydrogen) atoms. The van der Waals surface area contributed by atoms with E-state index in [2.05, 4.69) is 24.5 Å². The van der Waals surface area contributed by atoms with Gasteiger partial charge in [-0.1, -0.05) is 38.1 Å². The Morgan fingerprint density at radius 2 is 1.88 bits per heavy atom. The van der Waals surface area contributed by atoms with E-state index in [-0.39, 0.29) is 23.4 Å². The van der Waals surface area contributed by atoms with Crippen LogP contribution in [0.2, 0.25) is 0 Å². The van der Waals surface area contributed by atoms with Gasteiger partial charge >= 0.3 is 0 Å². The third kappa shape index (κ3) is 4.09. The number of Topliss-reactive ketones (excluding diaryl/α,β-unsaturated/α-hetero) is 1. The van der Waals surface area contributed by atoms with E-state index in [1.807, 2.05) is 35.2 Å². The maximum atomic E-state index is 14.2. The van der Waals surface area contributed by atoms with Gasteiger partial charge in [0.1, 0.15) is 17.6 Å². The van der Waals surface area contributed by atoms with E-state index in [4.69, 9.17) is 4.42 Å². The van der Waals surface area contributed by atoms with Gasteiger partial charge in [0.2, 0.25) is 5.91 Å². The number of carbonyl (C=O) groups is 2. The fourth-order valence-electron chi connectivity index (χ4n) is 4.88. The maximum absolute atomic E-state index is 14.2. The Bertz CT molecular complexity index is 1280. The van der Waals surface area contributed by atoms with Gasteiger partial charge in [0.15, 0.2) is 5.78 Å². The van der Waals surface area contributed by atoms with Gasteiger partial charge in [-0.2, -0.15) is 0 Å². The number of furan rings is 1. The van der Waals surface area contributed by atoms with E-state index < -0.39 is 17.8 Å². The Morgan fingerprint density at radius 1 is 1.12 bits per heavy atom. The highest BCUT2D eigenvalue weighted by atomic mass is 19.1. The molecular weight excluding hydrogens is 433 g/mol. The summed E-state index contributed by atoms with van der Waals surface area (Å²) in [7, 11) is 0. The zero-order chi connectivity index (χ0) is 23.9. The fraction of sp³-hybridized carbons (Fsp3) is 0.259. The van der Waals surface area contributed by atoms with Gasteiger partial charge in [0.25, 0.3) is 0 Å². The van der Waals surface area contributed by atoms with E-state index in [0.717, 1.165) is 17.1 Å². The summed E-state index contributed by atoms with van der Waals surface area (Å²) in [6, 6.07) is 16.7. The number of rotatable bonds is 4. The summed E-state index contributed by atoms with van der Waals surface area (Å²) in [5.41, 5.74) is 2.92. The van der Waals surface area contributed by atoms with Crippen LogP contribution in [-0.4, -0.2) is 18.2 Å². The second-order valence-electron chi connectivity index (χ2n) is 9.55. The number of hydrogen-bond donors (Lipinski definition) is 2. The lowest BCUT2D eigenvalue weighted by molar-refractivity contribution is -0.119. The van der Waals surface area contributed by atoms with Crippen molar-refractivity contribution < 1.29 is 18.4 Å². The molecule has 1 aromatic heterocycles. The second-order valence-corrected chi connectivity index (χ2v) is 9.55. The van der Waals surface area contributed by atoms with Gasteiger partial charge in [-0.3, -0.25) is 9.59 Å². The molecule has 7 heteroatoms. The average molecular weight is 460 g/mol. The largest absolute Gasteiger partial charge is 0.467 e. The SMILES string of the molecule is CC1(C)CC(=O)C2=C(C1)Nc1ccccc1N(CC(=O)Nc1ccccc1F)[C@@H]2c1ccco1. The van der Waals surface area contributed by atoms with Crippen molar-refractivity contribution >= 4 is 28.8 Å². The molecule has 0 bridgehead atoms. The molecule has 1 amide bonds. The molecule has 0 unspecified atom stereocenters. The maximum Gasteiger partial charge on any atom is 0.244 e. The van der Waals surface area contributed by atoms with Crippen molar-refractivity contribution in [3.63, 3.8) is 0 Å². The summed E-state index contributed by atoms with van der Waals surface area (Å²) in [4.78, 5) is 28.5. The molecule has 6 nitrogen and oxygen atoms in total. The van der Waals surface area contributed by atoms with Gasteiger partial charge < -0.3 is 20.0 Å². The lowest BCUT2D eigenvalue weighted by atomic mass is 9.74. The third-order valence-electron chi connectivity index (χ3n) is 6.28. The van der Waals surface area contributed by atoms with Gasteiger partial charge in [0, 0.05) is 17.7 Å². The fourth-order valence-corrected chi connectivity index (χ4v) is 4.88. The minimum atomic E-state index is -0.601. The molecule has 0 fully saturated rings. The quantitative estimate of drug-likeness (QED) is 0.526. The van der Waals surface area contributed by atoms with E-state index in [9.17, 15) is 14.0 Å². The van der Waals surface area contributed by atoms with Crippen LogP contribution in [0.1, 0.15) is 38.5 Å². The predicted octanol–water partition coefficient (Wildman–Crippen LogP) is 5.67. The first-order valence-corrected chi connectivity index (χ1v) is 11.3. The van der Waals surface area contributed by atoms with Crippen LogP contribution in [-0.2, 0) is 9.59 Å². The molecule has 1 aliphatic heterocycles. The summed E-state index contributed by atoms with van der Waals surface area (Å²) < 4.78 is 20.0. The van der Waals surface area contributed by atoms with Crippen LogP contribution in [0.3, 0.4) is 0 Å². The minimum Gasteiger partial charge on any atom is -0.467 e. The average Bonchev–Trinajstić information content (AvgIpc) is 3.27. The molecule has 1 atom stereocenters. The molecule has 3 aromatic rings. The second kappa shape index (κ2) is 8.48. The summed E-state index contributed by atoms with van der Waals surface area (Å²) in [6.45, 7) is 4.05. The van der Waals surface area contributed by atoms with Crippen molar-refractivity contribution in [2.24, 2.45) is 5.41 Å². The van der Waals surface area contributed by atoms with Crippen LogP contribution < -0.4 is 15.5 Å². The Kier molecular flexibility index (Phi) is 5.48. The molecular formula is C27H26FN3O3. The topological polar surface area (TPSA) is 74.6 Å². The number of nitrogens with zero attached hydrogens (tertiary/aromatic N) is 1. The normalized spacial score (nSPS) is 19.1. The van der Waals surface area contributed by atoms with Crippen LogP contribution in [0.5, 0.6) is 0 Å². The molecule has 5 rings (SSSR count). The smallest absolute Gasteiger partial charge is 0.244 e. The number of fused-ring (bicyclic) bond motifs is 1. The van der Waals surface area contributed by atoms with Gasteiger partial charge in [-0.15, -0.1) is 0 Å². The van der Waals surface area contributed by atoms with Crippen molar-refractivity contribution in [2.45, 2.75) is 32.7 Å². The number of halogens is 1. The highest BCUT2D eigenvalue weighted by Crippen LogP contribution is 2.48. The first-order valence-electron chi connectivity index (χ1n) is 11.3. The molecule has 0 radical (unpaired) electrons. The van der Waals surface area contributed by atoms with Crippen molar-refractivity contribution in [3.05, 3.63) is 89.8 Å². The number of ketones is 1. The molecule has 0 spiro atoms. The number of para-hydroxylation sites is 3. The molecule has 2 N–H and O–H groups in total. The molecule has 2 aliphatic rings. The monoisotopic (exact) mass is 459 g/mol. The van der Waals surface area contributed by atoms with Crippen molar-refractivity contribution in [3.8, 4) is 0 Å². The highest BCUT2D eigenvalue weighted by Gasteiger charge is 2.42. The van der Waals surface area contributed by atoms with Crippen LogP contribution in [0.15, 0.2) is 82.6 Å². The van der Waals surface area contributed by atoms with Gasteiger partial charge in [0.05, 0.1) is 29.9 Å². The minimum absolute atomic E-state index is 0.0208. The number of hydrogen-bond acceptors (Lipinski definition) is 5. The van der Waals surface area contributed by atoms with E-state index in [0.29, 0.717) is 24.2 Å². The predicted molar refractivity (Wildman–Crippen MR) is 129 cm³/mol. The van der Waals surface area contributed by atoms with Gasteiger partial charge in [-0.05, 0) is 48.2 Å². The number of amides is 1. The van der Waals surface area contributed by atoms with Crippen LogP contribution in [0.4, 0.5) is 21.5 Å². The van der Waals surface area contributed by atoms with Crippen LogP contribution in [0.25, 0.3) is 0 Å². The summed E-state index contributed by atoms with van der Waals surface area (Å²) in [6.07, 6.45) is 2.65. The highest BCUT2D eigenvalue weighted by molar-refractivity contribution is 6.02. The molecule has 1 aliphatic carbocycles. The van der Waals surface area contributed by atoms with E-state index >= 15 is 0 Å². The molecule has 2 aromatic carbocycles. The summed E-state index contributed by atoms with van der Waals surface area (Å²) in [5, 5.41) is 6.15. The third-order valence-corrected chi connectivity index (χ3v) is 6.28. The Morgan fingerprint density at radius 3 is 2.65 bits per heavy atom. The summed E-state index contributed by atoms with van der Waals surface area (Å²) >= 11 is 0. The Labute approximate surface area is 197 Å². The van der Waals surface area contributed by atoms with Crippen LogP contribution in [0, 0.1) is 11.2 Å². The number of benzene rings is 2. The van der Waals surface area contributed by atoms with Crippen molar-refractivity contribution in [1.82, 2.24) is 0 Å². The lowest BCUT2D eigenvalue weighted by Gasteiger charge is -2.36. The zero-order valence-electron chi connectivity index (χ0n) is 19.1. The molecule has 174 valence electrons. The van der Waals surface area contributed by atoms with E-state index in [1.54, 1.807) is 24.5 Å². The first-order chi connectivity index (χ1) is 16.3. The molecule has 0 saturated heterocycles. The lowest BCUT2D eigenvalue weighted by Crippen LogP contribution is -2.40. The van der Waals surface area contributed by atoms with Crippen LogP contribution >= 0.6 is 0 Å². The Balaban J connectivity index is 1.61. The Hall–Kier alpha value is -3.87. The zero-order valence-corrected chi connectivity index (χ0v) is 19.1.